The highest BCUT2D eigenvalue weighted by Gasteiger charge is 2.15. The fourth-order valence-electron chi connectivity index (χ4n) is 3.39. The van der Waals surface area contributed by atoms with Gasteiger partial charge in [-0.25, -0.2) is 17.5 Å². The number of benzene rings is 2. The Morgan fingerprint density at radius 2 is 1.71 bits per heavy atom. The molecule has 1 heterocycles. The van der Waals surface area contributed by atoms with E-state index in [9.17, 15) is 17.6 Å². The second-order valence-electron chi connectivity index (χ2n) is 7.78. The molecule has 0 radical (unpaired) electrons. The maximum atomic E-state index is 12.9. The average molecular weight is 449 g/mol. The van der Waals surface area contributed by atoms with Crippen molar-refractivity contribution in [1.82, 2.24) is 19.8 Å². The Kier molecular flexibility index (Phi) is 8.14. The molecule has 0 spiro atoms. The fraction of sp³-hybridized carbons (Fsp3) is 0.409. The SMILES string of the molecule is CN1CCN(Cc2cccc(CNC(=O)CCNS(=O)(=O)c3ccc(F)cc3)c2)CC1. The van der Waals surface area contributed by atoms with Crippen molar-refractivity contribution in [2.75, 3.05) is 39.8 Å². The van der Waals surface area contributed by atoms with Crippen molar-refractivity contribution >= 4 is 15.9 Å². The summed E-state index contributed by atoms with van der Waals surface area (Å²) >= 11 is 0. The zero-order chi connectivity index (χ0) is 22.3. The maximum absolute atomic E-state index is 12.9. The third-order valence-electron chi connectivity index (χ3n) is 5.25. The summed E-state index contributed by atoms with van der Waals surface area (Å²) in [6.07, 6.45) is 0.0153. The summed E-state index contributed by atoms with van der Waals surface area (Å²) in [5.74, 6) is -0.753. The zero-order valence-corrected chi connectivity index (χ0v) is 18.5. The summed E-state index contributed by atoms with van der Waals surface area (Å²) in [6.45, 7) is 5.48. The largest absolute Gasteiger partial charge is 0.352 e. The molecule has 7 nitrogen and oxygen atoms in total. The summed E-state index contributed by atoms with van der Waals surface area (Å²) in [5.41, 5.74) is 2.22. The number of piperazine rings is 1. The molecule has 0 bridgehead atoms. The number of likely N-dealkylation sites (N-methyl/N-ethyl adjacent to an activating group) is 1. The van der Waals surface area contributed by atoms with Gasteiger partial charge in [0, 0.05) is 52.2 Å². The van der Waals surface area contributed by atoms with Crippen molar-refractivity contribution in [2.24, 2.45) is 0 Å². The molecule has 1 fully saturated rings. The Hall–Kier alpha value is -2.33. The Morgan fingerprint density at radius 3 is 2.42 bits per heavy atom. The number of carbonyl (C=O) groups excluding carboxylic acids is 1. The standard InChI is InChI=1S/C22H29FN4O3S/c1-26-11-13-27(14-12-26)17-19-4-2-3-18(15-19)16-24-22(28)9-10-25-31(29,30)21-7-5-20(23)6-8-21/h2-8,15,25H,9-14,16-17H2,1H3,(H,24,28). The van der Waals surface area contributed by atoms with Crippen LogP contribution in [0.25, 0.3) is 0 Å². The van der Waals surface area contributed by atoms with Crippen LogP contribution in [0.2, 0.25) is 0 Å². The molecule has 0 unspecified atom stereocenters. The molecule has 1 amide bonds. The number of sulfonamides is 1. The number of rotatable bonds is 9. The topological polar surface area (TPSA) is 81.8 Å². The van der Waals surface area contributed by atoms with Crippen LogP contribution < -0.4 is 10.0 Å². The molecule has 168 valence electrons. The molecule has 2 N–H and O–H groups in total. The fourth-order valence-corrected chi connectivity index (χ4v) is 4.42. The van der Waals surface area contributed by atoms with Crippen LogP contribution in [0.4, 0.5) is 4.39 Å². The number of halogens is 1. The van der Waals surface area contributed by atoms with E-state index in [1.807, 2.05) is 12.1 Å². The normalized spacial score (nSPS) is 15.7. The third kappa shape index (κ3) is 7.39. The molecule has 1 saturated heterocycles. The van der Waals surface area contributed by atoms with E-state index in [0.29, 0.717) is 6.54 Å². The quantitative estimate of drug-likeness (QED) is 0.609. The molecule has 9 heteroatoms. The number of nitrogens with zero attached hydrogens (tertiary/aromatic N) is 2. The minimum absolute atomic E-state index is 0.0153. The van der Waals surface area contributed by atoms with Gasteiger partial charge in [-0.3, -0.25) is 9.69 Å². The summed E-state index contributed by atoms with van der Waals surface area (Å²) in [6, 6.07) is 12.7. The summed E-state index contributed by atoms with van der Waals surface area (Å²) in [5, 5.41) is 2.83. The Morgan fingerprint density at radius 1 is 1.03 bits per heavy atom. The van der Waals surface area contributed by atoms with E-state index in [2.05, 4.69) is 39.0 Å². The van der Waals surface area contributed by atoms with Crippen molar-refractivity contribution < 1.29 is 17.6 Å². The van der Waals surface area contributed by atoms with Crippen molar-refractivity contribution in [2.45, 2.75) is 24.4 Å². The number of nitrogens with one attached hydrogen (secondary N) is 2. The molecule has 31 heavy (non-hydrogen) atoms. The Bertz CT molecular complexity index is 975. The van der Waals surface area contributed by atoms with Crippen molar-refractivity contribution in [3.63, 3.8) is 0 Å². The van der Waals surface area contributed by atoms with Gasteiger partial charge in [-0.1, -0.05) is 24.3 Å². The smallest absolute Gasteiger partial charge is 0.240 e. The highest BCUT2D eigenvalue weighted by atomic mass is 32.2. The van der Waals surface area contributed by atoms with Gasteiger partial charge >= 0.3 is 0 Å². The second kappa shape index (κ2) is 10.8. The van der Waals surface area contributed by atoms with Crippen LogP contribution in [-0.4, -0.2) is 63.9 Å². The molecular formula is C22H29FN4O3S. The van der Waals surface area contributed by atoms with E-state index in [4.69, 9.17) is 0 Å². The molecule has 0 saturated carbocycles. The van der Waals surface area contributed by atoms with Gasteiger partial charge < -0.3 is 10.2 Å². The average Bonchev–Trinajstić information content (AvgIpc) is 2.74. The lowest BCUT2D eigenvalue weighted by atomic mass is 10.1. The summed E-state index contributed by atoms with van der Waals surface area (Å²) < 4.78 is 39.6. The van der Waals surface area contributed by atoms with Crippen LogP contribution in [0.15, 0.2) is 53.4 Å². The Labute approximate surface area is 183 Å². The van der Waals surface area contributed by atoms with E-state index >= 15 is 0 Å². The number of carbonyl (C=O) groups is 1. The first kappa shape index (κ1) is 23.3. The number of hydrogen-bond acceptors (Lipinski definition) is 5. The van der Waals surface area contributed by atoms with Gasteiger partial charge in [-0.15, -0.1) is 0 Å². The van der Waals surface area contributed by atoms with Crippen LogP contribution in [0, 0.1) is 5.82 Å². The van der Waals surface area contributed by atoms with Crippen LogP contribution >= 0.6 is 0 Å². The first-order valence-electron chi connectivity index (χ1n) is 10.3. The van der Waals surface area contributed by atoms with E-state index in [0.717, 1.165) is 50.4 Å². The minimum atomic E-state index is -3.77. The van der Waals surface area contributed by atoms with Gasteiger partial charge in [-0.2, -0.15) is 0 Å². The lowest BCUT2D eigenvalue weighted by Gasteiger charge is -2.32. The highest BCUT2D eigenvalue weighted by molar-refractivity contribution is 7.89. The molecule has 0 aromatic heterocycles. The van der Waals surface area contributed by atoms with Crippen LogP contribution in [0.1, 0.15) is 17.5 Å². The van der Waals surface area contributed by atoms with Crippen molar-refractivity contribution in [3.8, 4) is 0 Å². The molecule has 1 aliphatic heterocycles. The van der Waals surface area contributed by atoms with Gasteiger partial charge in [0.2, 0.25) is 15.9 Å². The lowest BCUT2D eigenvalue weighted by Crippen LogP contribution is -2.43. The molecular weight excluding hydrogens is 419 g/mol. The second-order valence-corrected chi connectivity index (χ2v) is 9.54. The Balaban J connectivity index is 1.41. The molecule has 2 aromatic rings. The van der Waals surface area contributed by atoms with Crippen LogP contribution in [0.5, 0.6) is 0 Å². The first-order chi connectivity index (χ1) is 14.8. The van der Waals surface area contributed by atoms with E-state index in [-0.39, 0.29) is 23.8 Å². The van der Waals surface area contributed by atoms with Crippen LogP contribution in [-0.2, 0) is 27.9 Å². The molecule has 2 aromatic carbocycles. The zero-order valence-electron chi connectivity index (χ0n) is 17.7. The van der Waals surface area contributed by atoms with Crippen molar-refractivity contribution in [1.29, 1.82) is 0 Å². The highest BCUT2D eigenvalue weighted by Crippen LogP contribution is 2.11. The predicted octanol–water partition coefficient (Wildman–Crippen LogP) is 1.56. The number of amides is 1. The maximum Gasteiger partial charge on any atom is 0.240 e. The van der Waals surface area contributed by atoms with E-state index in [1.165, 1.54) is 17.7 Å². The molecule has 3 rings (SSSR count). The van der Waals surface area contributed by atoms with Gasteiger partial charge in [-0.05, 0) is 42.4 Å². The lowest BCUT2D eigenvalue weighted by molar-refractivity contribution is -0.121. The molecule has 0 atom stereocenters. The van der Waals surface area contributed by atoms with Crippen molar-refractivity contribution in [3.05, 3.63) is 65.5 Å². The minimum Gasteiger partial charge on any atom is -0.352 e. The summed E-state index contributed by atoms with van der Waals surface area (Å²) in [7, 11) is -1.63. The predicted molar refractivity (Wildman–Crippen MR) is 117 cm³/mol. The van der Waals surface area contributed by atoms with Crippen LogP contribution in [0.3, 0.4) is 0 Å². The molecule has 0 aliphatic carbocycles. The van der Waals surface area contributed by atoms with Gasteiger partial charge in [0.25, 0.3) is 0 Å². The third-order valence-corrected chi connectivity index (χ3v) is 6.73. The summed E-state index contributed by atoms with van der Waals surface area (Å²) in [4.78, 5) is 16.8. The van der Waals surface area contributed by atoms with E-state index in [1.54, 1.807) is 0 Å². The molecule has 1 aliphatic rings. The van der Waals surface area contributed by atoms with Gasteiger partial charge in [0.15, 0.2) is 0 Å². The van der Waals surface area contributed by atoms with E-state index < -0.39 is 15.8 Å². The monoisotopic (exact) mass is 448 g/mol. The van der Waals surface area contributed by atoms with Gasteiger partial charge in [0.05, 0.1) is 4.90 Å². The first-order valence-corrected chi connectivity index (χ1v) is 11.8. The number of hydrogen-bond donors (Lipinski definition) is 2. The van der Waals surface area contributed by atoms with Gasteiger partial charge in [0.1, 0.15) is 5.82 Å².